The Morgan fingerprint density at radius 1 is 1.38 bits per heavy atom. The summed E-state index contributed by atoms with van der Waals surface area (Å²) >= 11 is 0. The molecule has 0 fully saturated rings. The second kappa shape index (κ2) is 4.35. The monoisotopic (exact) mass is 216 g/mol. The minimum Gasteiger partial charge on any atom is -0.377 e. The lowest BCUT2D eigenvalue weighted by atomic mass is 10.1. The fourth-order valence-corrected chi connectivity index (χ4v) is 1.72. The highest BCUT2D eigenvalue weighted by molar-refractivity contribution is 5.42. The summed E-state index contributed by atoms with van der Waals surface area (Å²) in [6, 6.07) is 4.17. The van der Waals surface area contributed by atoms with Gasteiger partial charge >= 0.3 is 0 Å². The fourth-order valence-electron chi connectivity index (χ4n) is 1.72. The molecule has 2 aromatic heterocycles. The molecule has 1 atom stereocenters. The Balaban J connectivity index is 2.15. The van der Waals surface area contributed by atoms with Crippen LogP contribution in [0, 0.1) is 6.92 Å². The third-order valence-corrected chi connectivity index (χ3v) is 2.78. The van der Waals surface area contributed by atoms with Gasteiger partial charge in [0.2, 0.25) is 0 Å². The van der Waals surface area contributed by atoms with Crippen LogP contribution in [0.1, 0.15) is 24.2 Å². The number of nitrogens with one attached hydrogen (secondary N) is 1. The SMILES string of the molecule is Cc1c(C(C)Nc2cccnc2)cnn1C. The maximum Gasteiger partial charge on any atom is 0.0545 e. The molecule has 4 nitrogen and oxygen atoms in total. The van der Waals surface area contributed by atoms with Crippen LogP contribution >= 0.6 is 0 Å². The molecule has 0 saturated heterocycles. The Labute approximate surface area is 95.3 Å². The number of nitrogens with zero attached hydrogens (tertiary/aromatic N) is 3. The highest BCUT2D eigenvalue weighted by Gasteiger charge is 2.11. The van der Waals surface area contributed by atoms with Gasteiger partial charge in [-0.3, -0.25) is 9.67 Å². The second-order valence-electron chi connectivity index (χ2n) is 3.92. The maximum atomic E-state index is 4.24. The molecule has 16 heavy (non-hydrogen) atoms. The first-order valence-electron chi connectivity index (χ1n) is 5.33. The molecule has 2 rings (SSSR count). The van der Waals surface area contributed by atoms with E-state index >= 15 is 0 Å². The van der Waals surface area contributed by atoms with Gasteiger partial charge in [0.1, 0.15) is 0 Å². The smallest absolute Gasteiger partial charge is 0.0545 e. The van der Waals surface area contributed by atoms with E-state index in [0.29, 0.717) is 0 Å². The predicted octanol–water partition coefficient (Wildman–Crippen LogP) is 2.30. The second-order valence-corrected chi connectivity index (χ2v) is 3.92. The van der Waals surface area contributed by atoms with Crippen LogP contribution in [0.15, 0.2) is 30.7 Å². The van der Waals surface area contributed by atoms with Gasteiger partial charge in [0.25, 0.3) is 0 Å². The molecule has 2 heterocycles. The highest BCUT2D eigenvalue weighted by Crippen LogP contribution is 2.20. The molecule has 1 N–H and O–H groups in total. The van der Waals surface area contributed by atoms with Crippen LogP contribution in [-0.2, 0) is 7.05 Å². The first-order chi connectivity index (χ1) is 7.68. The summed E-state index contributed by atoms with van der Waals surface area (Å²) in [7, 11) is 1.95. The predicted molar refractivity (Wildman–Crippen MR) is 64.2 cm³/mol. The number of pyridine rings is 1. The van der Waals surface area contributed by atoms with Crippen molar-refractivity contribution in [2.75, 3.05) is 5.32 Å². The topological polar surface area (TPSA) is 42.7 Å². The molecule has 0 aromatic carbocycles. The standard InChI is InChI=1S/C12H16N4/c1-9(12-8-14-16(3)10(12)2)15-11-5-4-6-13-7-11/h4-9,15H,1-3H3. The number of hydrogen-bond acceptors (Lipinski definition) is 3. The number of anilines is 1. The van der Waals surface area contributed by atoms with Gasteiger partial charge in [-0.15, -0.1) is 0 Å². The zero-order chi connectivity index (χ0) is 11.5. The first kappa shape index (κ1) is 10.7. The summed E-state index contributed by atoms with van der Waals surface area (Å²) in [5.74, 6) is 0. The van der Waals surface area contributed by atoms with Crippen molar-refractivity contribution in [1.82, 2.24) is 14.8 Å². The van der Waals surface area contributed by atoms with Crippen LogP contribution < -0.4 is 5.32 Å². The Morgan fingerprint density at radius 2 is 2.19 bits per heavy atom. The fraction of sp³-hybridized carbons (Fsp3) is 0.333. The van der Waals surface area contributed by atoms with Crippen LogP contribution in [0.2, 0.25) is 0 Å². The van der Waals surface area contributed by atoms with Crippen LogP contribution in [0.25, 0.3) is 0 Å². The third-order valence-electron chi connectivity index (χ3n) is 2.78. The molecule has 0 saturated carbocycles. The van der Waals surface area contributed by atoms with Crippen molar-refractivity contribution in [2.45, 2.75) is 19.9 Å². The Kier molecular flexibility index (Phi) is 2.90. The molecule has 4 heteroatoms. The van der Waals surface area contributed by atoms with Crippen molar-refractivity contribution in [3.8, 4) is 0 Å². The van der Waals surface area contributed by atoms with Gasteiger partial charge in [-0.25, -0.2) is 0 Å². The Bertz CT molecular complexity index is 461. The van der Waals surface area contributed by atoms with Crippen LogP contribution in [-0.4, -0.2) is 14.8 Å². The number of hydrogen-bond donors (Lipinski definition) is 1. The molecule has 0 radical (unpaired) electrons. The van der Waals surface area contributed by atoms with E-state index in [9.17, 15) is 0 Å². The van der Waals surface area contributed by atoms with Gasteiger partial charge in [0, 0.05) is 30.7 Å². The summed E-state index contributed by atoms with van der Waals surface area (Å²) in [5.41, 5.74) is 3.42. The molecule has 0 aliphatic rings. The maximum absolute atomic E-state index is 4.24. The van der Waals surface area contributed by atoms with Gasteiger partial charge in [0.15, 0.2) is 0 Å². The quantitative estimate of drug-likeness (QED) is 0.856. The average molecular weight is 216 g/mol. The van der Waals surface area contributed by atoms with Gasteiger partial charge in [-0.1, -0.05) is 0 Å². The lowest BCUT2D eigenvalue weighted by Gasteiger charge is -2.14. The van der Waals surface area contributed by atoms with E-state index in [2.05, 4.69) is 29.2 Å². The molecule has 0 aliphatic carbocycles. The lowest BCUT2D eigenvalue weighted by Crippen LogP contribution is -2.07. The summed E-state index contributed by atoms with van der Waals surface area (Å²) in [5, 5.41) is 7.64. The molecular weight excluding hydrogens is 200 g/mol. The molecule has 1 unspecified atom stereocenters. The van der Waals surface area contributed by atoms with Gasteiger partial charge < -0.3 is 5.32 Å². The van der Waals surface area contributed by atoms with Gasteiger partial charge in [0.05, 0.1) is 17.9 Å². The van der Waals surface area contributed by atoms with E-state index in [1.54, 1.807) is 6.20 Å². The lowest BCUT2D eigenvalue weighted by molar-refractivity contribution is 0.734. The van der Waals surface area contributed by atoms with E-state index in [1.165, 1.54) is 11.3 Å². The highest BCUT2D eigenvalue weighted by atomic mass is 15.3. The van der Waals surface area contributed by atoms with Crippen molar-refractivity contribution in [1.29, 1.82) is 0 Å². The average Bonchev–Trinajstić information content (AvgIpc) is 2.61. The van der Waals surface area contributed by atoms with E-state index in [4.69, 9.17) is 0 Å². The van der Waals surface area contributed by atoms with Crippen molar-refractivity contribution in [2.24, 2.45) is 7.05 Å². The summed E-state index contributed by atoms with van der Waals surface area (Å²) < 4.78 is 1.89. The third kappa shape index (κ3) is 2.05. The molecular formula is C12H16N4. The van der Waals surface area contributed by atoms with Crippen molar-refractivity contribution < 1.29 is 0 Å². The molecule has 2 aromatic rings. The number of aryl methyl sites for hydroxylation is 1. The van der Waals surface area contributed by atoms with Gasteiger partial charge in [-0.05, 0) is 26.0 Å². The van der Waals surface area contributed by atoms with Crippen LogP contribution in [0.3, 0.4) is 0 Å². The minimum atomic E-state index is 0.234. The van der Waals surface area contributed by atoms with E-state index < -0.39 is 0 Å². The van der Waals surface area contributed by atoms with E-state index in [-0.39, 0.29) is 6.04 Å². The zero-order valence-electron chi connectivity index (χ0n) is 9.81. The van der Waals surface area contributed by atoms with Crippen molar-refractivity contribution >= 4 is 5.69 Å². The van der Waals surface area contributed by atoms with Crippen molar-refractivity contribution in [3.05, 3.63) is 42.0 Å². The van der Waals surface area contributed by atoms with Crippen LogP contribution in [0.5, 0.6) is 0 Å². The molecule has 0 spiro atoms. The normalized spacial score (nSPS) is 12.4. The first-order valence-corrected chi connectivity index (χ1v) is 5.33. The van der Waals surface area contributed by atoms with E-state index in [1.807, 2.05) is 36.3 Å². The largest absolute Gasteiger partial charge is 0.377 e. The molecule has 0 aliphatic heterocycles. The van der Waals surface area contributed by atoms with Gasteiger partial charge in [-0.2, -0.15) is 5.10 Å². The number of aromatic nitrogens is 3. The van der Waals surface area contributed by atoms with Crippen molar-refractivity contribution in [3.63, 3.8) is 0 Å². The Hall–Kier alpha value is -1.84. The minimum absolute atomic E-state index is 0.234. The number of rotatable bonds is 3. The molecule has 0 bridgehead atoms. The molecule has 84 valence electrons. The molecule has 0 amide bonds. The summed E-state index contributed by atoms with van der Waals surface area (Å²) in [6.45, 7) is 4.20. The van der Waals surface area contributed by atoms with Crippen LogP contribution in [0.4, 0.5) is 5.69 Å². The summed E-state index contributed by atoms with van der Waals surface area (Å²) in [4.78, 5) is 4.08. The zero-order valence-corrected chi connectivity index (χ0v) is 9.81. The Morgan fingerprint density at radius 3 is 2.75 bits per heavy atom. The summed E-state index contributed by atoms with van der Waals surface area (Å²) in [6.07, 6.45) is 5.50. The van der Waals surface area contributed by atoms with E-state index in [0.717, 1.165) is 5.69 Å².